The van der Waals surface area contributed by atoms with Crippen LogP contribution in [0.15, 0.2) is 35.1 Å². The summed E-state index contributed by atoms with van der Waals surface area (Å²) in [6.07, 6.45) is 0.211. The predicted octanol–water partition coefficient (Wildman–Crippen LogP) is 2.18. The smallest absolute Gasteiger partial charge is 0.309 e. The van der Waals surface area contributed by atoms with Crippen molar-refractivity contribution in [2.75, 3.05) is 0 Å². The monoisotopic (exact) mass is 245 g/mol. The van der Waals surface area contributed by atoms with Crippen LogP contribution in [-0.2, 0) is 11.2 Å². The second-order valence-electron chi connectivity index (χ2n) is 5.08. The molecule has 0 saturated heterocycles. The number of fused-ring (bicyclic) bond motifs is 1. The van der Waals surface area contributed by atoms with Gasteiger partial charge in [-0.2, -0.15) is 0 Å². The maximum absolute atomic E-state index is 11.9. The van der Waals surface area contributed by atoms with E-state index in [0.717, 1.165) is 10.9 Å². The van der Waals surface area contributed by atoms with E-state index in [2.05, 4.69) is 4.98 Å². The van der Waals surface area contributed by atoms with Crippen molar-refractivity contribution in [3.63, 3.8) is 0 Å². The molecule has 0 aliphatic heterocycles. The van der Waals surface area contributed by atoms with Crippen LogP contribution in [0.1, 0.15) is 19.4 Å². The number of aliphatic carboxylic acids is 1. The number of aromatic amines is 1. The largest absolute Gasteiger partial charge is 0.481 e. The van der Waals surface area contributed by atoms with Gasteiger partial charge in [-0.3, -0.25) is 9.59 Å². The van der Waals surface area contributed by atoms with E-state index in [0.29, 0.717) is 5.56 Å². The maximum atomic E-state index is 11.9. The lowest BCUT2D eigenvalue weighted by Crippen LogP contribution is -2.29. The quantitative estimate of drug-likeness (QED) is 0.870. The van der Waals surface area contributed by atoms with Crippen LogP contribution in [-0.4, -0.2) is 16.1 Å². The summed E-state index contributed by atoms with van der Waals surface area (Å²) < 4.78 is 0. The first-order valence-corrected chi connectivity index (χ1v) is 5.74. The molecule has 2 N–H and O–H groups in total. The Balaban J connectivity index is 2.49. The number of carboxylic acid groups (broad SMARTS) is 1. The van der Waals surface area contributed by atoms with Gasteiger partial charge in [0.1, 0.15) is 0 Å². The van der Waals surface area contributed by atoms with Crippen LogP contribution in [0.5, 0.6) is 0 Å². The predicted molar refractivity (Wildman–Crippen MR) is 69.7 cm³/mol. The van der Waals surface area contributed by atoms with Gasteiger partial charge in [0, 0.05) is 11.1 Å². The second kappa shape index (κ2) is 4.29. The van der Waals surface area contributed by atoms with Crippen molar-refractivity contribution in [2.24, 2.45) is 5.41 Å². The molecular weight excluding hydrogens is 230 g/mol. The number of hydrogen-bond donors (Lipinski definition) is 2. The summed E-state index contributed by atoms with van der Waals surface area (Å²) in [6, 6.07) is 9.20. The zero-order valence-electron chi connectivity index (χ0n) is 10.4. The summed E-state index contributed by atoms with van der Waals surface area (Å²) in [5.41, 5.74) is 0.0960. The first-order chi connectivity index (χ1) is 8.40. The molecule has 0 fully saturated rings. The molecule has 1 heterocycles. The Labute approximate surface area is 104 Å². The van der Waals surface area contributed by atoms with Crippen LogP contribution in [0.4, 0.5) is 0 Å². The number of para-hydroxylation sites is 1. The van der Waals surface area contributed by atoms with Gasteiger partial charge in [-0.15, -0.1) is 0 Å². The van der Waals surface area contributed by atoms with E-state index in [4.69, 9.17) is 5.11 Å². The Kier molecular flexibility index (Phi) is 2.95. The Morgan fingerprint density at radius 1 is 1.33 bits per heavy atom. The lowest BCUT2D eigenvalue weighted by Gasteiger charge is -2.18. The van der Waals surface area contributed by atoms with E-state index in [1.54, 1.807) is 19.9 Å². The highest BCUT2D eigenvalue weighted by Crippen LogP contribution is 2.21. The van der Waals surface area contributed by atoms with Crippen molar-refractivity contribution in [3.05, 3.63) is 46.2 Å². The molecule has 18 heavy (non-hydrogen) atoms. The first-order valence-electron chi connectivity index (χ1n) is 5.74. The average molecular weight is 245 g/mol. The minimum atomic E-state index is -0.949. The first kappa shape index (κ1) is 12.4. The number of carbonyl (C=O) groups is 1. The van der Waals surface area contributed by atoms with Gasteiger partial charge in [-0.1, -0.05) is 18.2 Å². The number of aromatic nitrogens is 1. The van der Waals surface area contributed by atoms with Crippen LogP contribution in [0, 0.1) is 5.41 Å². The van der Waals surface area contributed by atoms with Crippen LogP contribution in [0.3, 0.4) is 0 Å². The third kappa shape index (κ3) is 2.27. The Bertz CT molecular complexity index is 655. The molecule has 0 unspecified atom stereocenters. The number of carboxylic acids is 1. The molecule has 0 radical (unpaired) electrons. The molecule has 4 nitrogen and oxygen atoms in total. The van der Waals surface area contributed by atoms with Gasteiger partial charge in [-0.25, -0.2) is 0 Å². The minimum Gasteiger partial charge on any atom is -0.481 e. The van der Waals surface area contributed by atoms with Gasteiger partial charge in [0.25, 0.3) is 5.56 Å². The van der Waals surface area contributed by atoms with Crippen LogP contribution in [0.25, 0.3) is 10.9 Å². The molecule has 0 amide bonds. The number of rotatable bonds is 3. The molecule has 1 aromatic heterocycles. The molecule has 0 aliphatic rings. The number of benzene rings is 1. The molecule has 0 spiro atoms. The highest BCUT2D eigenvalue weighted by molar-refractivity contribution is 5.79. The summed E-state index contributed by atoms with van der Waals surface area (Å²) in [5.74, 6) is -0.907. The van der Waals surface area contributed by atoms with Crippen molar-refractivity contribution >= 4 is 16.9 Å². The van der Waals surface area contributed by atoms with E-state index in [-0.39, 0.29) is 12.0 Å². The van der Waals surface area contributed by atoms with Gasteiger partial charge in [0.2, 0.25) is 0 Å². The normalized spacial score (nSPS) is 11.7. The summed E-state index contributed by atoms with van der Waals surface area (Å²) in [6.45, 7) is 3.23. The Morgan fingerprint density at radius 3 is 2.67 bits per heavy atom. The van der Waals surface area contributed by atoms with Gasteiger partial charge in [0.05, 0.1) is 5.41 Å². The van der Waals surface area contributed by atoms with Crippen molar-refractivity contribution in [1.82, 2.24) is 4.98 Å². The zero-order chi connectivity index (χ0) is 13.3. The fourth-order valence-electron chi connectivity index (χ4n) is 1.88. The highest BCUT2D eigenvalue weighted by Gasteiger charge is 2.28. The maximum Gasteiger partial charge on any atom is 0.309 e. The fourth-order valence-corrected chi connectivity index (χ4v) is 1.88. The molecule has 0 saturated carbocycles. The third-order valence-electron chi connectivity index (χ3n) is 3.04. The molecule has 94 valence electrons. The van der Waals surface area contributed by atoms with E-state index in [1.165, 1.54) is 0 Å². The average Bonchev–Trinajstić information content (AvgIpc) is 2.29. The lowest BCUT2D eigenvalue weighted by atomic mass is 9.86. The van der Waals surface area contributed by atoms with Gasteiger partial charge < -0.3 is 10.1 Å². The van der Waals surface area contributed by atoms with E-state index >= 15 is 0 Å². The molecule has 2 rings (SSSR count). The van der Waals surface area contributed by atoms with Crippen molar-refractivity contribution in [3.8, 4) is 0 Å². The molecule has 1 aromatic carbocycles. The molecule has 0 bridgehead atoms. The standard InChI is InChI=1S/C14H15NO3/c1-14(2,13(17)18)8-10-7-9-5-3-4-6-11(9)15-12(10)16/h3-7H,8H2,1-2H3,(H,15,16)(H,17,18). The van der Waals surface area contributed by atoms with Gasteiger partial charge in [-0.05, 0) is 37.8 Å². The zero-order valence-corrected chi connectivity index (χ0v) is 10.4. The van der Waals surface area contributed by atoms with E-state index in [1.807, 2.05) is 24.3 Å². The van der Waals surface area contributed by atoms with Crippen LogP contribution >= 0.6 is 0 Å². The Hall–Kier alpha value is -2.10. The SMILES string of the molecule is CC(C)(Cc1cc2ccccc2[nH]c1=O)C(=O)O. The summed E-state index contributed by atoms with van der Waals surface area (Å²) in [5, 5.41) is 10.0. The van der Waals surface area contributed by atoms with Gasteiger partial charge in [0.15, 0.2) is 0 Å². The third-order valence-corrected chi connectivity index (χ3v) is 3.04. The molecule has 4 heteroatoms. The topological polar surface area (TPSA) is 70.2 Å². The van der Waals surface area contributed by atoms with Crippen LogP contribution in [0.2, 0.25) is 0 Å². The Morgan fingerprint density at radius 2 is 2.00 bits per heavy atom. The summed E-state index contributed by atoms with van der Waals surface area (Å²) in [4.78, 5) is 25.7. The van der Waals surface area contributed by atoms with Crippen LogP contribution < -0.4 is 5.56 Å². The highest BCUT2D eigenvalue weighted by atomic mass is 16.4. The van der Waals surface area contributed by atoms with Gasteiger partial charge >= 0.3 is 5.97 Å². The molecule has 0 atom stereocenters. The molecule has 2 aromatic rings. The summed E-state index contributed by atoms with van der Waals surface area (Å²) in [7, 11) is 0. The number of nitrogens with one attached hydrogen (secondary N) is 1. The lowest BCUT2D eigenvalue weighted by molar-refractivity contribution is -0.146. The van der Waals surface area contributed by atoms with Crippen molar-refractivity contribution in [2.45, 2.75) is 20.3 Å². The van der Waals surface area contributed by atoms with E-state index < -0.39 is 11.4 Å². The minimum absolute atomic E-state index is 0.211. The number of H-pyrrole nitrogens is 1. The van der Waals surface area contributed by atoms with Crippen molar-refractivity contribution < 1.29 is 9.90 Å². The van der Waals surface area contributed by atoms with E-state index in [9.17, 15) is 9.59 Å². The van der Waals surface area contributed by atoms with Crippen molar-refractivity contribution in [1.29, 1.82) is 0 Å². The number of hydrogen-bond acceptors (Lipinski definition) is 2. The second-order valence-corrected chi connectivity index (χ2v) is 5.08. The fraction of sp³-hybridized carbons (Fsp3) is 0.286. The summed E-state index contributed by atoms with van der Waals surface area (Å²) >= 11 is 0. The molecular formula is C14H15NO3. The molecule has 0 aliphatic carbocycles. The number of pyridine rings is 1.